The van der Waals surface area contributed by atoms with Gasteiger partial charge in [-0.1, -0.05) is 36.4 Å². The Kier molecular flexibility index (Phi) is 10.9. The minimum atomic E-state index is -3.15. The van der Waals surface area contributed by atoms with Crippen molar-refractivity contribution in [2.24, 2.45) is 4.99 Å². The molecule has 2 aromatic rings. The number of nitrogens with one attached hydrogen (secondary N) is 2. The second kappa shape index (κ2) is 13.1. The van der Waals surface area contributed by atoms with Gasteiger partial charge >= 0.3 is 0 Å². The van der Waals surface area contributed by atoms with E-state index in [1.54, 1.807) is 19.2 Å². The molecular weight excluding hydrogens is 539 g/mol. The summed E-state index contributed by atoms with van der Waals surface area (Å²) in [4.78, 5) is 7.03. The van der Waals surface area contributed by atoms with Crippen LogP contribution in [0.15, 0.2) is 58.4 Å². The monoisotopic (exact) mass is 572 g/mol. The SMILES string of the molecule is CN=C(NCCc1ccc(S(C)(=O)=O)cc1)NCc1ccc(CN2CCOCC2)cc1.I. The molecule has 1 fully saturated rings. The van der Waals surface area contributed by atoms with Gasteiger partial charge in [0, 0.05) is 46.0 Å². The van der Waals surface area contributed by atoms with Gasteiger partial charge in [-0.05, 0) is 35.2 Å². The summed E-state index contributed by atoms with van der Waals surface area (Å²) in [6, 6.07) is 15.7. The summed E-state index contributed by atoms with van der Waals surface area (Å²) in [5, 5.41) is 6.64. The molecule has 0 spiro atoms. The van der Waals surface area contributed by atoms with E-state index in [1.165, 1.54) is 17.4 Å². The van der Waals surface area contributed by atoms with Gasteiger partial charge in [0.25, 0.3) is 0 Å². The van der Waals surface area contributed by atoms with Gasteiger partial charge in [0.1, 0.15) is 0 Å². The van der Waals surface area contributed by atoms with Crippen molar-refractivity contribution in [3.05, 3.63) is 65.2 Å². The molecule has 0 bridgehead atoms. The van der Waals surface area contributed by atoms with Gasteiger partial charge in [-0.2, -0.15) is 0 Å². The normalized spacial score (nSPS) is 15.1. The minimum absolute atomic E-state index is 0. The molecule has 1 heterocycles. The number of halogens is 1. The van der Waals surface area contributed by atoms with Crippen LogP contribution < -0.4 is 10.6 Å². The molecular formula is C23H33IN4O3S. The van der Waals surface area contributed by atoms with Crippen molar-refractivity contribution in [3.8, 4) is 0 Å². The van der Waals surface area contributed by atoms with Gasteiger partial charge in [0.15, 0.2) is 15.8 Å². The molecule has 176 valence electrons. The van der Waals surface area contributed by atoms with Crippen LogP contribution in [0.5, 0.6) is 0 Å². The lowest BCUT2D eigenvalue weighted by atomic mass is 10.1. The van der Waals surface area contributed by atoms with Crippen LogP contribution >= 0.6 is 24.0 Å². The van der Waals surface area contributed by atoms with E-state index in [0.717, 1.165) is 50.8 Å². The molecule has 9 heteroatoms. The maximum absolute atomic E-state index is 11.5. The highest BCUT2D eigenvalue weighted by atomic mass is 127. The fraction of sp³-hybridized carbons (Fsp3) is 0.435. The summed E-state index contributed by atoms with van der Waals surface area (Å²) < 4.78 is 28.5. The molecule has 0 aromatic heterocycles. The average Bonchev–Trinajstić information content (AvgIpc) is 2.77. The van der Waals surface area contributed by atoms with Gasteiger partial charge in [0.05, 0.1) is 18.1 Å². The van der Waals surface area contributed by atoms with Gasteiger partial charge in [-0.15, -0.1) is 24.0 Å². The number of guanidine groups is 1. The Morgan fingerprint density at radius 3 is 2.16 bits per heavy atom. The third-order valence-electron chi connectivity index (χ3n) is 5.27. The quantitative estimate of drug-likeness (QED) is 0.288. The molecule has 32 heavy (non-hydrogen) atoms. The Morgan fingerprint density at radius 2 is 1.56 bits per heavy atom. The van der Waals surface area contributed by atoms with Gasteiger partial charge in [0.2, 0.25) is 0 Å². The molecule has 0 unspecified atom stereocenters. The fourth-order valence-electron chi connectivity index (χ4n) is 3.41. The van der Waals surface area contributed by atoms with Crippen molar-refractivity contribution in [1.29, 1.82) is 0 Å². The standard InChI is InChI=1S/C23H32N4O3S.HI/c1-24-23(25-12-11-19-7-9-22(10-8-19)31(2,28)29)26-17-20-3-5-21(6-4-20)18-27-13-15-30-16-14-27;/h3-10H,11-18H2,1-2H3,(H2,24,25,26);1H. The summed E-state index contributed by atoms with van der Waals surface area (Å²) in [6.45, 7) is 5.99. The summed E-state index contributed by atoms with van der Waals surface area (Å²) in [5.74, 6) is 0.741. The first-order valence-electron chi connectivity index (χ1n) is 10.6. The predicted octanol–water partition coefficient (Wildman–Crippen LogP) is 2.45. The maximum Gasteiger partial charge on any atom is 0.191 e. The average molecular weight is 573 g/mol. The van der Waals surface area contributed by atoms with Crippen LogP contribution in [0.2, 0.25) is 0 Å². The number of morpholine rings is 1. The molecule has 2 aromatic carbocycles. The fourth-order valence-corrected chi connectivity index (χ4v) is 4.05. The minimum Gasteiger partial charge on any atom is -0.379 e. The first-order valence-corrected chi connectivity index (χ1v) is 12.4. The summed E-state index contributed by atoms with van der Waals surface area (Å²) >= 11 is 0. The first-order chi connectivity index (χ1) is 14.9. The molecule has 0 atom stereocenters. The lowest BCUT2D eigenvalue weighted by molar-refractivity contribution is 0.0342. The highest BCUT2D eigenvalue weighted by Crippen LogP contribution is 2.11. The van der Waals surface area contributed by atoms with E-state index >= 15 is 0 Å². The first kappa shape index (κ1) is 26.6. The lowest BCUT2D eigenvalue weighted by Crippen LogP contribution is -2.37. The molecule has 3 rings (SSSR count). The number of rotatable bonds is 8. The van der Waals surface area contributed by atoms with Gasteiger partial charge in [-0.3, -0.25) is 9.89 Å². The molecule has 0 aliphatic carbocycles. The Balaban J connectivity index is 0.00000363. The molecule has 0 saturated carbocycles. The zero-order chi connectivity index (χ0) is 22.1. The predicted molar refractivity (Wildman–Crippen MR) is 139 cm³/mol. The zero-order valence-electron chi connectivity index (χ0n) is 18.7. The Morgan fingerprint density at radius 1 is 0.969 bits per heavy atom. The van der Waals surface area contributed by atoms with Crippen molar-refractivity contribution in [2.75, 3.05) is 46.2 Å². The molecule has 2 N–H and O–H groups in total. The van der Waals surface area contributed by atoms with Crippen LogP contribution in [0.3, 0.4) is 0 Å². The Bertz CT molecular complexity index is 958. The second-order valence-corrected chi connectivity index (χ2v) is 9.74. The van der Waals surface area contributed by atoms with Crippen molar-refractivity contribution < 1.29 is 13.2 Å². The zero-order valence-corrected chi connectivity index (χ0v) is 21.9. The number of nitrogens with zero attached hydrogens (tertiary/aromatic N) is 2. The van der Waals surface area contributed by atoms with Crippen LogP contribution in [0.4, 0.5) is 0 Å². The van der Waals surface area contributed by atoms with Gasteiger partial charge in [-0.25, -0.2) is 8.42 Å². The number of hydrogen-bond acceptors (Lipinski definition) is 5. The van der Waals surface area contributed by atoms with Crippen molar-refractivity contribution in [2.45, 2.75) is 24.4 Å². The molecule has 0 radical (unpaired) electrons. The molecule has 1 aliphatic rings. The van der Waals surface area contributed by atoms with E-state index in [9.17, 15) is 8.42 Å². The molecule has 0 amide bonds. The number of benzene rings is 2. The number of aliphatic imine (C=N–C) groups is 1. The van der Waals surface area contributed by atoms with E-state index in [-0.39, 0.29) is 24.0 Å². The van der Waals surface area contributed by atoms with E-state index in [4.69, 9.17) is 4.74 Å². The maximum atomic E-state index is 11.5. The number of hydrogen-bond donors (Lipinski definition) is 2. The van der Waals surface area contributed by atoms with E-state index < -0.39 is 9.84 Å². The topological polar surface area (TPSA) is 83.0 Å². The second-order valence-electron chi connectivity index (χ2n) is 7.72. The van der Waals surface area contributed by atoms with Crippen LogP contribution in [-0.2, 0) is 34.1 Å². The van der Waals surface area contributed by atoms with Crippen molar-refractivity contribution in [1.82, 2.24) is 15.5 Å². The highest BCUT2D eigenvalue weighted by Gasteiger charge is 2.10. The third-order valence-corrected chi connectivity index (χ3v) is 6.40. The third kappa shape index (κ3) is 8.68. The van der Waals surface area contributed by atoms with E-state index in [1.807, 2.05) is 12.1 Å². The lowest BCUT2D eigenvalue weighted by Gasteiger charge is -2.26. The smallest absolute Gasteiger partial charge is 0.191 e. The largest absolute Gasteiger partial charge is 0.379 e. The number of sulfone groups is 1. The molecule has 7 nitrogen and oxygen atoms in total. The highest BCUT2D eigenvalue weighted by molar-refractivity contribution is 14.0. The Labute approximate surface area is 208 Å². The molecule has 1 aliphatic heterocycles. The number of ether oxygens (including phenoxy) is 1. The van der Waals surface area contributed by atoms with Crippen molar-refractivity contribution >= 4 is 39.8 Å². The summed E-state index contributed by atoms with van der Waals surface area (Å²) in [7, 11) is -1.40. The van der Waals surface area contributed by atoms with Crippen LogP contribution in [0.25, 0.3) is 0 Å². The van der Waals surface area contributed by atoms with Crippen molar-refractivity contribution in [3.63, 3.8) is 0 Å². The van der Waals surface area contributed by atoms with Crippen LogP contribution in [0.1, 0.15) is 16.7 Å². The van der Waals surface area contributed by atoms with Crippen LogP contribution in [-0.4, -0.2) is 65.4 Å². The molecule has 1 saturated heterocycles. The van der Waals surface area contributed by atoms with Crippen LogP contribution in [0, 0.1) is 0 Å². The van der Waals surface area contributed by atoms with E-state index in [0.29, 0.717) is 18.0 Å². The summed E-state index contributed by atoms with van der Waals surface area (Å²) in [5.41, 5.74) is 3.59. The van der Waals surface area contributed by atoms with E-state index in [2.05, 4.69) is 44.8 Å². The Hall–Kier alpha value is -1.69. The van der Waals surface area contributed by atoms with Gasteiger partial charge < -0.3 is 15.4 Å². The summed E-state index contributed by atoms with van der Waals surface area (Å²) in [6.07, 6.45) is 2.00.